The molecule has 2 rings (SSSR count). The Morgan fingerprint density at radius 2 is 2.00 bits per heavy atom. The maximum absolute atomic E-state index is 10.3. The van der Waals surface area contributed by atoms with Gasteiger partial charge in [0.1, 0.15) is 0 Å². The van der Waals surface area contributed by atoms with Gasteiger partial charge >= 0.3 is 0 Å². The minimum absolute atomic E-state index is 0.683. The molecule has 15 heavy (non-hydrogen) atoms. The molecule has 0 aliphatic rings. The standard InChI is InChI=1S/C13H15NO/c1-3-13(2,15)11-8-4-6-10-7-5-9-14-12(10)11/h4-9,15H,3H2,1-2H3. The number of para-hydroxylation sites is 1. The van der Waals surface area contributed by atoms with Gasteiger partial charge in [0, 0.05) is 17.1 Å². The fourth-order valence-corrected chi connectivity index (χ4v) is 1.73. The molecule has 2 nitrogen and oxygen atoms in total. The van der Waals surface area contributed by atoms with E-state index in [0.717, 1.165) is 16.5 Å². The Labute approximate surface area is 89.6 Å². The van der Waals surface area contributed by atoms with E-state index in [2.05, 4.69) is 4.98 Å². The molecule has 2 heteroatoms. The predicted molar refractivity (Wildman–Crippen MR) is 61.6 cm³/mol. The van der Waals surface area contributed by atoms with E-state index in [1.165, 1.54) is 0 Å². The molecule has 1 atom stereocenters. The van der Waals surface area contributed by atoms with E-state index in [9.17, 15) is 5.11 Å². The first-order chi connectivity index (χ1) is 7.15. The van der Waals surface area contributed by atoms with Crippen molar-refractivity contribution in [3.63, 3.8) is 0 Å². The molecule has 2 aromatic rings. The van der Waals surface area contributed by atoms with Crippen LogP contribution in [0.4, 0.5) is 0 Å². The second kappa shape index (κ2) is 3.63. The van der Waals surface area contributed by atoms with Gasteiger partial charge in [-0.3, -0.25) is 4.98 Å². The summed E-state index contributed by atoms with van der Waals surface area (Å²) in [4.78, 5) is 4.34. The molecule has 0 bridgehead atoms. The van der Waals surface area contributed by atoms with Gasteiger partial charge in [0.05, 0.1) is 11.1 Å². The molecule has 1 unspecified atom stereocenters. The van der Waals surface area contributed by atoms with Crippen LogP contribution in [0.2, 0.25) is 0 Å². The summed E-state index contributed by atoms with van der Waals surface area (Å²) >= 11 is 0. The van der Waals surface area contributed by atoms with Crippen molar-refractivity contribution in [1.82, 2.24) is 4.98 Å². The van der Waals surface area contributed by atoms with Gasteiger partial charge in [-0.15, -0.1) is 0 Å². The summed E-state index contributed by atoms with van der Waals surface area (Å²) < 4.78 is 0. The van der Waals surface area contributed by atoms with Crippen molar-refractivity contribution in [2.75, 3.05) is 0 Å². The minimum Gasteiger partial charge on any atom is -0.385 e. The van der Waals surface area contributed by atoms with Crippen molar-refractivity contribution in [3.05, 3.63) is 42.1 Å². The number of benzene rings is 1. The maximum atomic E-state index is 10.3. The summed E-state index contributed by atoms with van der Waals surface area (Å²) in [5, 5.41) is 11.3. The molecule has 1 aromatic carbocycles. The van der Waals surface area contributed by atoms with Crippen molar-refractivity contribution in [2.45, 2.75) is 25.9 Å². The number of fused-ring (bicyclic) bond motifs is 1. The fraction of sp³-hybridized carbons (Fsp3) is 0.308. The molecule has 1 aromatic heterocycles. The Kier molecular flexibility index (Phi) is 2.45. The number of hydrogen-bond acceptors (Lipinski definition) is 2. The van der Waals surface area contributed by atoms with Gasteiger partial charge in [0.25, 0.3) is 0 Å². The van der Waals surface area contributed by atoms with Crippen LogP contribution in [0.15, 0.2) is 36.5 Å². The first kappa shape index (κ1) is 10.1. The molecule has 1 heterocycles. The maximum Gasteiger partial charge on any atom is 0.0886 e. The van der Waals surface area contributed by atoms with Crippen molar-refractivity contribution in [1.29, 1.82) is 0 Å². The van der Waals surface area contributed by atoms with E-state index in [0.29, 0.717) is 6.42 Å². The van der Waals surface area contributed by atoms with Crippen molar-refractivity contribution < 1.29 is 5.11 Å². The highest BCUT2D eigenvalue weighted by Gasteiger charge is 2.22. The summed E-state index contributed by atoms with van der Waals surface area (Å²) in [7, 11) is 0. The van der Waals surface area contributed by atoms with Crippen LogP contribution in [0.25, 0.3) is 10.9 Å². The van der Waals surface area contributed by atoms with Crippen LogP contribution >= 0.6 is 0 Å². The van der Waals surface area contributed by atoms with E-state index in [4.69, 9.17) is 0 Å². The molecule has 1 N–H and O–H groups in total. The molecular formula is C13H15NO. The Morgan fingerprint density at radius 3 is 2.73 bits per heavy atom. The Bertz CT molecular complexity index is 471. The van der Waals surface area contributed by atoms with Crippen LogP contribution in [-0.2, 0) is 5.60 Å². The highest BCUT2D eigenvalue weighted by atomic mass is 16.3. The molecule has 0 saturated carbocycles. The van der Waals surface area contributed by atoms with E-state index in [1.54, 1.807) is 6.20 Å². The van der Waals surface area contributed by atoms with Gasteiger partial charge in [0.2, 0.25) is 0 Å². The summed E-state index contributed by atoms with van der Waals surface area (Å²) in [5.41, 5.74) is 1.00. The van der Waals surface area contributed by atoms with Crippen LogP contribution < -0.4 is 0 Å². The SMILES string of the molecule is CCC(C)(O)c1cccc2cccnc12. The molecule has 0 amide bonds. The monoisotopic (exact) mass is 201 g/mol. The molecule has 0 fully saturated rings. The largest absolute Gasteiger partial charge is 0.385 e. The van der Waals surface area contributed by atoms with E-state index in [1.807, 2.05) is 44.2 Å². The Balaban J connectivity index is 2.71. The summed E-state index contributed by atoms with van der Waals surface area (Å²) in [6.45, 7) is 3.80. The zero-order valence-corrected chi connectivity index (χ0v) is 9.07. The van der Waals surface area contributed by atoms with Crippen molar-refractivity contribution in [3.8, 4) is 0 Å². The van der Waals surface area contributed by atoms with Gasteiger partial charge in [-0.2, -0.15) is 0 Å². The first-order valence-electron chi connectivity index (χ1n) is 5.22. The van der Waals surface area contributed by atoms with E-state index >= 15 is 0 Å². The van der Waals surface area contributed by atoms with Crippen LogP contribution in [0, 0.1) is 0 Å². The van der Waals surface area contributed by atoms with Crippen LogP contribution in [0.1, 0.15) is 25.8 Å². The predicted octanol–water partition coefficient (Wildman–Crippen LogP) is 2.85. The zero-order chi connectivity index (χ0) is 10.9. The summed E-state index contributed by atoms with van der Waals surface area (Å²) in [6.07, 6.45) is 2.44. The van der Waals surface area contributed by atoms with Gasteiger partial charge < -0.3 is 5.11 Å². The lowest BCUT2D eigenvalue weighted by Gasteiger charge is -2.22. The normalized spacial score (nSPS) is 15.1. The number of nitrogens with zero attached hydrogens (tertiary/aromatic N) is 1. The fourth-order valence-electron chi connectivity index (χ4n) is 1.73. The number of aromatic nitrogens is 1. The number of rotatable bonds is 2. The van der Waals surface area contributed by atoms with Gasteiger partial charge in [0.15, 0.2) is 0 Å². The van der Waals surface area contributed by atoms with E-state index < -0.39 is 5.60 Å². The average molecular weight is 201 g/mol. The molecule has 0 aliphatic heterocycles. The third kappa shape index (κ3) is 1.73. The second-order valence-electron chi connectivity index (χ2n) is 4.01. The molecular weight excluding hydrogens is 186 g/mol. The zero-order valence-electron chi connectivity index (χ0n) is 9.07. The molecule has 78 valence electrons. The van der Waals surface area contributed by atoms with Gasteiger partial charge in [-0.25, -0.2) is 0 Å². The second-order valence-corrected chi connectivity index (χ2v) is 4.01. The van der Waals surface area contributed by atoms with Crippen molar-refractivity contribution >= 4 is 10.9 Å². The highest BCUT2D eigenvalue weighted by molar-refractivity contribution is 5.82. The van der Waals surface area contributed by atoms with Crippen molar-refractivity contribution in [2.24, 2.45) is 0 Å². The van der Waals surface area contributed by atoms with Crippen LogP contribution in [0.3, 0.4) is 0 Å². The minimum atomic E-state index is -0.798. The van der Waals surface area contributed by atoms with Crippen LogP contribution in [-0.4, -0.2) is 10.1 Å². The molecule has 0 radical (unpaired) electrons. The van der Waals surface area contributed by atoms with Crippen LogP contribution in [0.5, 0.6) is 0 Å². The highest BCUT2D eigenvalue weighted by Crippen LogP contribution is 2.29. The molecule has 0 spiro atoms. The quantitative estimate of drug-likeness (QED) is 0.810. The average Bonchev–Trinajstić information content (AvgIpc) is 2.28. The summed E-state index contributed by atoms with van der Waals surface area (Å²) in [6, 6.07) is 9.84. The lowest BCUT2D eigenvalue weighted by atomic mass is 9.91. The smallest absolute Gasteiger partial charge is 0.0886 e. The Hall–Kier alpha value is -1.41. The van der Waals surface area contributed by atoms with E-state index in [-0.39, 0.29) is 0 Å². The van der Waals surface area contributed by atoms with Gasteiger partial charge in [-0.1, -0.05) is 31.2 Å². The summed E-state index contributed by atoms with van der Waals surface area (Å²) in [5.74, 6) is 0. The third-order valence-electron chi connectivity index (χ3n) is 2.90. The number of aliphatic hydroxyl groups is 1. The molecule has 0 aliphatic carbocycles. The topological polar surface area (TPSA) is 33.1 Å². The Morgan fingerprint density at radius 1 is 1.27 bits per heavy atom. The third-order valence-corrected chi connectivity index (χ3v) is 2.90. The lowest BCUT2D eigenvalue weighted by Crippen LogP contribution is -2.20. The first-order valence-corrected chi connectivity index (χ1v) is 5.22. The number of hydrogen-bond donors (Lipinski definition) is 1. The van der Waals surface area contributed by atoms with Gasteiger partial charge in [-0.05, 0) is 19.4 Å². The number of pyridine rings is 1. The molecule has 0 saturated heterocycles. The lowest BCUT2D eigenvalue weighted by molar-refractivity contribution is 0.0544.